The van der Waals surface area contributed by atoms with Crippen LogP contribution in [0.25, 0.3) is 0 Å². The Hall–Kier alpha value is -1.10. The van der Waals surface area contributed by atoms with Crippen LogP contribution >= 0.6 is 0 Å². The number of carbonyl (C=O) groups excluding carboxylic acids is 1. The lowest BCUT2D eigenvalue weighted by atomic mass is 10.4. The Balaban J connectivity index is 2.10. The number of carbonyl (C=O) groups is 1. The van der Waals surface area contributed by atoms with Gasteiger partial charge in [0, 0.05) is 0 Å². The highest BCUT2D eigenvalue weighted by molar-refractivity contribution is 7.91. The van der Waals surface area contributed by atoms with Crippen molar-refractivity contribution in [1.82, 2.24) is 0 Å². The average molecular weight is 242 g/mol. The highest BCUT2D eigenvalue weighted by Crippen LogP contribution is 2.27. The fourth-order valence-corrected chi connectivity index (χ4v) is 3.94. The van der Waals surface area contributed by atoms with Crippen molar-refractivity contribution in [3.63, 3.8) is 0 Å². The fourth-order valence-electron chi connectivity index (χ4n) is 2.10. The lowest BCUT2D eigenvalue weighted by Gasteiger charge is -2.08. The average Bonchev–Trinajstić information content (AvgIpc) is 2.86. The Labute approximate surface area is 94.6 Å². The zero-order chi connectivity index (χ0) is 11.6. The second-order valence-corrected chi connectivity index (χ2v) is 6.42. The van der Waals surface area contributed by atoms with Gasteiger partial charge >= 0.3 is 0 Å². The predicted octanol–water partition coefficient (Wildman–Crippen LogP) is 1.95. The minimum atomic E-state index is -3.12. The molecule has 0 N–H and O–H groups in total. The van der Waals surface area contributed by atoms with Crippen molar-refractivity contribution in [3.8, 4) is 0 Å². The van der Waals surface area contributed by atoms with E-state index in [1.54, 1.807) is 6.07 Å². The number of rotatable bonds is 4. The highest BCUT2D eigenvalue weighted by Gasteiger charge is 2.29. The van der Waals surface area contributed by atoms with Crippen molar-refractivity contribution in [2.24, 2.45) is 0 Å². The smallest absolute Gasteiger partial charge is 0.185 e. The van der Waals surface area contributed by atoms with Gasteiger partial charge in [-0.05, 0) is 25.0 Å². The molecule has 1 aliphatic rings. The maximum Gasteiger partial charge on any atom is 0.185 e. The first-order chi connectivity index (χ1) is 7.62. The number of aldehydes is 1. The van der Waals surface area contributed by atoms with Gasteiger partial charge in [-0.1, -0.05) is 12.8 Å². The summed E-state index contributed by atoms with van der Waals surface area (Å²) in [5.74, 6) is 0.441. The Kier molecular flexibility index (Phi) is 3.14. The minimum absolute atomic E-state index is 0.0918. The maximum absolute atomic E-state index is 12.0. The lowest BCUT2D eigenvalue weighted by molar-refractivity contribution is 0.109. The third kappa shape index (κ3) is 2.35. The van der Waals surface area contributed by atoms with Gasteiger partial charge in [-0.15, -0.1) is 0 Å². The van der Waals surface area contributed by atoms with Gasteiger partial charge in [0.05, 0.1) is 5.25 Å². The first-order valence-corrected chi connectivity index (χ1v) is 7.09. The van der Waals surface area contributed by atoms with Gasteiger partial charge in [-0.3, -0.25) is 4.79 Å². The number of hydrogen-bond acceptors (Lipinski definition) is 4. The van der Waals surface area contributed by atoms with E-state index in [1.807, 2.05) is 0 Å². The Morgan fingerprint density at radius 3 is 2.56 bits per heavy atom. The number of furan rings is 1. The van der Waals surface area contributed by atoms with E-state index < -0.39 is 9.84 Å². The lowest BCUT2D eigenvalue weighted by Crippen LogP contribution is -2.19. The summed E-state index contributed by atoms with van der Waals surface area (Å²) in [5.41, 5.74) is 0. The van der Waals surface area contributed by atoms with E-state index >= 15 is 0 Å². The summed E-state index contributed by atoms with van der Waals surface area (Å²) < 4.78 is 29.0. The van der Waals surface area contributed by atoms with E-state index in [9.17, 15) is 13.2 Å². The Morgan fingerprint density at radius 1 is 1.31 bits per heavy atom. The second kappa shape index (κ2) is 4.41. The monoisotopic (exact) mass is 242 g/mol. The molecule has 1 saturated carbocycles. The fraction of sp³-hybridized carbons (Fsp3) is 0.545. The van der Waals surface area contributed by atoms with Crippen molar-refractivity contribution in [1.29, 1.82) is 0 Å². The van der Waals surface area contributed by atoms with Crippen molar-refractivity contribution in [2.45, 2.75) is 36.7 Å². The SMILES string of the molecule is O=Cc1ccc(CS(=O)(=O)C2CCCC2)o1. The van der Waals surface area contributed by atoms with Crippen LogP contribution in [0, 0.1) is 0 Å². The van der Waals surface area contributed by atoms with E-state index in [1.165, 1.54) is 6.07 Å². The molecular weight excluding hydrogens is 228 g/mol. The van der Waals surface area contributed by atoms with E-state index in [-0.39, 0.29) is 16.8 Å². The summed E-state index contributed by atoms with van der Waals surface area (Å²) in [4.78, 5) is 10.4. The molecule has 0 aliphatic heterocycles. The van der Waals surface area contributed by atoms with Gasteiger partial charge in [0.25, 0.3) is 0 Å². The first kappa shape index (κ1) is 11.4. The molecule has 4 nitrogen and oxygen atoms in total. The normalized spacial score (nSPS) is 17.8. The summed E-state index contributed by atoms with van der Waals surface area (Å²) in [6, 6.07) is 3.04. The summed E-state index contributed by atoms with van der Waals surface area (Å²) in [5, 5.41) is -0.225. The predicted molar refractivity (Wildman–Crippen MR) is 59.0 cm³/mol. The molecule has 16 heavy (non-hydrogen) atoms. The van der Waals surface area contributed by atoms with Crippen LogP contribution in [0.1, 0.15) is 42.0 Å². The molecule has 5 heteroatoms. The molecule has 88 valence electrons. The Bertz CT molecular complexity index is 466. The molecule has 0 atom stereocenters. The van der Waals surface area contributed by atoms with E-state index in [4.69, 9.17) is 4.42 Å². The molecule has 0 radical (unpaired) electrons. The minimum Gasteiger partial charge on any atom is -0.457 e. The molecule has 0 unspecified atom stereocenters. The molecule has 0 aromatic carbocycles. The molecule has 0 bridgehead atoms. The molecule has 0 amide bonds. The summed E-state index contributed by atoms with van der Waals surface area (Å²) in [6.07, 6.45) is 4.06. The van der Waals surface area contributed by atoms with Gasteiger partial charge in [0.15, 0.2) is 21.9 Å². The molecular formula is C11H14O4S. The quantitative estimate of drug-likeness (QED) is 0.757. The van der Waals surface area contributed by atoms with E-state index in [0.717, 1.165) is 25.7 Å². The van der Waals surface area contributed by atoms with Crippen LogP contribution in [0.15, 0.2) is 16.5 Å². The Morgan fingerprint density at radius 2 is 2.00 bits per heavy atom. The highest BCUT2D eigenvalue weighted by atomic mass is 32.2. The van der Waals surface area contributed by atoms with Crippen molar-refractivity contribution < 1.29 is 17.6 Å². The zero-order valence-corrected chi connectivity index (χ0v) is 9.70. The molecule has 1 aromatic heterocycles. The molecule has 0 saturated heterocycles. The van der Waals surface area contributed by atoms with Crippen LogP contribution in [-0.4, -0.2) is 20.0 Å². The largest absolute Gasteiger partial charge is 0.457 e. The topological polar surface area (TPSA) is 64.3 Å². The molecule has 1 fully saturated rings. The van der Waals surface area contributed by atoms with Crippen molar-refractivity contribution in [3.05, 3.63) is 23.7 Å². The molecule has 0 spiro atoms. The van der Waals surface area contributed by atoms with Crippen LogP contribution in [-0.2, 0) is 15.6 Å². The summed E-state index contributed by atoms with van der Waals surface area (Å²) >= 11 is 0. The molecule has 1 aromatic rings. The van der Waals surface area contributed by atoms with Gasteiger partial charge in [-0.25, -0.2) is 8.42 Å². The molecule has 2 rings (SSSR count). The van der Waals surface area contributed by atoms with E-state index in [2.05, 4.69) is 0 Å². The standard InChI is InChI=1S/C11H14O4S/c12-7-9-5-6-10(15-9)8-16(13,14)11-3-1-2-4-11/h5-7,11H,1-4,8H2. The van der Waals surface area contributed by atoms with Crippen LogP contribution in [0.3, 0.4) is 0 Å². The van der Waals surface area contributed by atoms with Gasteiger partial charge in [0.2, 0.25) is 0 Å². The summed E-state index contributed by atoms with van der Waals surface area (Å²) in [7, 11) is -3.12. The maximum atomic E-state index is 12.0. The molecule has 1 heterocycles. The van der Waals surface area contributed by atoms with Crippen LogP contribution in [0.5, 0.6) is 0 Å². The summed E-state index contributed by atoms with van der Waals surface area (Å²) in [6.45, 7) is 0. The third-order valence-electron chi connectivity index (χ3n) is 2.95. The zero-order valence-electron chi connectivity index (χ0n) is 8.89. The van der Waals surface area contributed by atoms with E-state index in [0.29, 0.717) is 12.0 Å². The van der Waals surface area contributed by atoms with Crippen LogP contribution in [0.4, 0.5) is 0 Å². The number of sulfone groups is 1. The first-order valence-electron chi connectivity index (χ1n) is 5.37. The van der Waals surface area contributed by atoms with Crippen molar-refractivity contribution >= 4 is 16.1 Å². The van der Waals surface area contributed by atoms with Gasteiger partial charge in [-0.2, -0.15) is 0 Å². The number of hydrogen-bond donors (Lipinski definition) is 0. The van der Waals surface area contributed by atoms with Crippen molar-refractivity contribution in [2.75, 3.05) is 0 Å². The van der Waals surface area contributed by atoms with Crippen LogP contribution < -0.4 is 0 Å². The third-order valence-corrected chi connectivity index (χ3v) is 5.13. The van der Waals surface area contributed by atoms with Gasteiger partial charge in [0.1, 0.15) is 11.5 Å². The molecule has 1 aliphatic carbocycles. The second-order valence-electron chi connectivity index (χ2n) is 4.14. The van der Waals surface area contributed by atoms with Crippen LogP contribution in [0.2, 0.25) is 0 Å². The van der Waals surface area contributed by atoms with Gasteiger partial charge < -0.3 is 4.42 Å².